The molecule has 14 aromatic carbocycles. The maximum atomic E-state index is 2.46. The molecule has 1 aliphatic rings. The molecule has 0 amide bonds. The molecule has 0 spiro atoms. The van der Waals surface area contributed by atoms with E-state index in [0.29, 0.717) is 0 Å². The topological polar surface area (TPSA) is 9.86 Å². The Labute approximate surface area is 506 Å². The molecule has 0 bridgehead atoms. The van der Waals surface area contributed by atoms with E-state index in [9.17, 15) is 0 Å². The molecule has 87 heavy (non-hydrogen) atoms. The number of para-hydroxylation sites is 3. The van der Waals surface area contributed by atoms with E-state index in [1.807, 2.05) is 0 Å². The fraction of sp³-hybridized carbons (Fsp3) is 0.0118. The van der Waals surface area contributed by atoms with Gasteiger partial charge >= 0.3 is 0 Å². The van der Waals surface area contributed by atoms with Crippen molar-refractivity contribution in [2.45, 2.75) is 5.41 Å². The van der Waals surface area contributed by atoms with Gasteiger partial charge in [0.2, 0.25) is 0 Å². The molecule has 0 radical (unpaired) electrons. The van der Waals surface area contributed by atoms with Crippen LogP contribution >= 0.6 is 0 Å². The Morgan fingerprint density at radius 2 is 0.575 bits per heavy atom. The fourth-order valence-corrected chi connectivity index (χ4v) is 14.4. The second-order valence-electron chi connectivity index (χ2n) is 23.1. The van der Waals surface area contributed by atoms with Gasteiger partial charge in [-0.3, -0.25) is 0 Å². The molecule has 406 valence electrons. The van der Waals surface area contributed by atoms with E-state index in [4.69, 9.17) is 0 Å². The van der Waals surface area contributed by atoms with Gasteiger partial charge in [-0.1, -0.05) is 273 Å². The Morgan fingerprint density at radius 1 is 0.195 bits per heavy atom. The molecular weight excluding hydrogens is 1050 g/mol. The van der Waals surface area contributed by atoms with Gasteiger partial charge in [0.25, 0.3) is 0 Å². The van der Waals surface area contributed by atoms with Gasteiger partial charge in [0, 0.05) is 32.8 Å². The van der Waals surface area contributed by atoms with Gasteiger partial charge in [-0.25, -0.2) is 0 Å². The van der Waals surface area contributed by atoms with E-state index in [0.717, 1.165) is 11.4 Å². The number of nitrogens with zero attached hydrogens (tertiary/aromatic N) is 2. The van der Waals surface area contributed by atoms with Crippen LogP contribution in [0.1, 0.15) is 22.3 Å². The highest BCUT2D eigenvalue weighted by atomic mass is 15.0. The highest BCUT2D eigenvalue weighted by Gasteiger charge is 2.46. The molecule has 0 saturated carbocycles. The third-order valence-corrected chi connectivity index (χ3v) is 18.4. The first-order chi connectivity index (χ1) is 43.1. The van der Waals surface area contributed by atoms with Crippen LogP contribution in [0, 0.1) is 0 Å². The summed E-state index contributed by atoms with van der Waals surface area (Å²) in [5.41, 5.74) is 28.7. The number of aromatic nitrogens is 2. The molecular formula is C85H56N2. The van der Waals surface area contributed by atoms with Crippen LogP contribution < -0.4 is 0 Å². The van der Waals surface area contributed by atoms with Crippen molar-refractivity contribution < 1.29 is 0 Å². The van der Waals surface area contributed by atoms with Crippen LogP contribution in [0.2, 0.25) is 0 Å². The smallest absolute Gasteiger partial charge is 0.0713 e. The average molecular weight is 1110 g/mol. The molecule has 2 heterocycles. The van der Waals surface area contributed by atoms with Crippen LogP contribution in [0.5, 0.6) is 0 Å². The second-order valence-corrected chi connectivity index (χ2v) is 23.1. The normalized spacial score (nSPS) is 12.5. The van der Waals surface area contributed by atoms with Crippen LogP contribution in [-0.2, 0) is 5.41 Å². The highest BCUT2D eigenvalue weighted by molar-refractivity contribution is 6.13. The first kappa shape index (κ1) is 50.2. The number of hydrogen-bond donors (Lipinski definition) is 0. The van der Waals surface area contributed by atoms with Crippen molar-refractivity contribution in [3.8, 4) is 89.3 Å². The Morgan fingerprint density at radius 3 is 1.21 bits per heavy atom. The first-order valence-electron chi connectivity index (χ1n) is 30.1. The summed E-state index contributed by atoms with van der Waals surface area (Å²) in [6.45, 7) is 0. The number of rotatable bonds is 10. The van der Waals surface area contributed by atoms with Gasteiger partial charge in [0.1, 0.15) is 0 Å². The van der Waals surface area contributed by atoms with Gasteiger partial charge in [-0.2, -0.15) is 0 Å². The van der Waals surface area contributed by atoms with Gasteiger partial charge in [0.15, 0.2) is 0 Å². The van der Waals surface area contributed by atoms with E-state index in [-0.39, 0.29) is 0 Å². The third kappa shape index (κ3) is 8.17. The number of hydrogen-bond acceptors (Lipinski definition) is 0. The zero-order chi connectivity index (χ0) is 57.4. The zero-order valence-electron chi connectivity index (χ0n) is 47.7. The Kier molecular flexibility index (Phi) is 11.8. The predicted molar refractivity (Wildman–Crippen MR) is 365 cm³/mol. The summed E-state index contributed by atoms with van der Waals surface area (Å²) >= 11 is 0. The van der Waals surface area contributed by atoms with E-state index >= 15 is 0 Å². The molecule has 2 heteroatoms. The summed E-state index contributed by atoms with van der Waals surface area (Å²) in [7, 11) is 0. The fourth-order valence-electron chi connectivity index (χ4n) is 14.4. The monoisotopic (exact) mass is 1100 g/mol. The first-order valence-corrected chi connectivity index (χ1v) is 30.1. The summed E-state index contributed by atoms with van der Waals surface area (Å²) in [5.74, 6) is 0. The molecule has 1 aliphatic carbocycles. The summed E-state index contributed by atoms with van der Waals surface area (Å²) < 4.78 is 4.87. The lowest BCUT2D eigenvalue weighted by molar-refractivity contribution is 0.769. The Hall–Kier alpha value is -11.3. The van der Waals surface area contributed by atoms with Crippen molar-refractivity contribution in [1.29, 1.82) is 0 Å². The highest BCUT2D eigenvalue weighted by Crippen LogP contribution is 2.56. The van der Waals surface area contributed by atoms with Gasteiger partial charge in [0.05, 0.1) is 33.2 Å². The van der Waals surface area contributed by atoms with Gasteiger partial charge in [-0.15, -0.1) is 0 Å². The molecule has 0 saturated heterocycles. The predicted octanol–water partition coefficient (Wildman–Crippen LogP) is 22.2. The third-order valence-electron chi connectivity index (χ3n) is 18.4. The Bertz CT molecular complexity index is 5270. The molecule has 0 aliphatic heterocycles. The molecule has 16 aromatic rings. The van der Waals surface area contributed by atoms with E-state index in [2.05, 4.69) is 349 Å². The quantitative estimate of drug-likeness (QED) is 0.129. The second kappa shape index (κ2) is 20.5. The van der Waals surface area contributed by atoms with Crippen molar-refractivity contribution in [3.05, 3.63) is 362 Å². The molecule has 2 nitrogen and oxygen atoms in total. The molecule has 0 fully saturated rings. The Balaban J connectivity index is 0.667. The average Bonchev–Trinajstić information content (AvgIpc) is 1.62. The van der Waals surface area contributed by atoms with E-state index in [1.54, 1.807) is 0 Å². The summed E-state index contributed by atoms with van der Waals surface area (Å²) in [6, 6.07) is 125. The molecule has 0 unspecified atom stereocenters. The van der Waals surface area contributed by atoms with Gasteiger partial charge in [-0.05, 0) is 161 Å². The van der Waals surface area contributed by atoms with Crippen molar-refractivity contribution >= 4 is 43.6 Å². The molecule has 17 rings (SSSR count). The number of fused-ring (bicyclic) bond motifs is 9. The zero-order valence-corrected chi connectivity index (χ0v) is 47.7. The minimum absolute atomic E-state index is 0.444. The van der Waals surface area contributed by atoms with Crippen LogP contribution in [0.15, 0.2) is 340 Å². The van der Waals surface area contributed by atoms with Crippen LogP contribution in [0.3, 0.4) is 0 Å². The lowest BCUT2D eigenvalue weighted by Crippen LogP contribution is -2.28. The molecule has 2 aromatic heterocycles. The summed E-state index contributed by atoms with van der Waals surface area (Å²) in [5, 5.41) is 4.94. The molecule has 0 N–H and O–H groups in total. The number of benzene rings is 14. The van der Waals surface area contributed by atoms with Crippen molar-refractivity contribution in [1.82, 2.24) is 9.13 Å². The van der Waals surface area contributed by atoms with E-state index < -0.39 is 5.41 Å². The van der Waals surface area contributed by atoms with Crippen LogP contribution in [0.4, 0.5) is 0 Å². The van der Waals surface area contributed by atoms with Crippen molar-refractivity contribution in [2.75, 3.05) is 0 Å². The maximum absolute atomic E-state index is 2.46. The standard InChI is InChI=1S/C85H56N2/c1-3-20-57(21-4-1)65-25-19-29-70(54-65)86-81-38-15-10-33-74(81)76-55-66(48-50-83(76)86)67-49-51-84-77(56-67)75-34-11-16-39-82(75)87(84)80-37-14-9-30-71(80)61-46-44-59(45-47-61)58-40-42-60(43-41-58)62-22-17-23-63(52-62)64-24-18-28-69(53-64)85(68-26-5-2-6-27-68)78-35-12-7-31-72(78)73-32-8-13-36-79(73)85/h1-56H. The minimum atomic E-state index is -0.444. The summed E-state index contributed by atoms with van der Waals surface area (Å²) in [6.07, 6.45) is 0. The van der Waals surface area contributed by atoms with Crippen molar-refractivity contribution in [2.24, 2.45) is 0 Å². The van der Waals surface area contributed by atoms with Gasteiger partial charge < -0.3 is 9.13 Å². The largest absolute Gasteiger partial charge is 0.309 e. The van der Waals surface area contributed by atoms with Crippen LogP contribution in [0.25, 0.3) is 133 Å². The minimum Gasteiger partial charge on any atom is -0.309 e. The summed E-state index contributed by atoms with van der Waals surface area (Å²) in [4.78, 5) is 0. The lowest BCUT2D eigenvalue weighted by Gasteiger charge is -2.34. The van der Waals surface area contributed by atoms with Crippen LogP contribution in [-0.4, -0.2) is 9.13 Å². The van der Waals surface area contributed by atoms with Crippen molar-refractivity contribution in [3.63, 3.8) is 0 Å². The lowest BCUT2D eigenvalue weighted by atomic mass is 9.67. The van der Waals surface area contributed by atoms with E-state index in [1.165, 1.54) is 144 Å². The SMILES string of the molecule is c1ccc(-c2cccc(-n3c4ccccc4c4cc(-c5ccc6c(c5)c5ccccc5n6-c5ccccc5-c5ccc(-c6ccc(-c7cccc(-c8cccc(C9(c%10ccccc%10)c%10ccccc%10-c%10ccccc%109)c8)c7)cc6)cc5)ccc43)c2)cc1. The maximum Gasteiger partial charge on any atom is 0.0713 e. The molecule has 0 atom stereocenters.